The van der Waals surface area contributed by atoms with Gasteiger partial charge in [0.05, 0.1) is 25.8 Å². The molecule has 2 aromatic rings. The second-order valence-corrected chi connectivity index (χ2v) is 6.68. The first-order valence-electron chi connectivity index (χ1n) is 9.11. The van der Waals surface area contributed by atoms with E-state index in [0.29, 0.717) is 13.2 Å². The maximum Gasteiger partial charge on any atom is 0.145 e. The molecular formula is C21H28ClN3O2. The quantitative estimate of drug-likeness (QED) is 0.555. The average molecular weight is 390 g/mol. The topological polar surface area (TPSA) is 60.1 Å². The molecule has 0 bridgehead atoms. The Kier molecular flexibility index (Phi) is 8.10. The lowest BCUT2D eigenvalue weighted by Crippen LogP contribution is -2.34. The van der Waals surface area contributed by atoms with E-state index in [4.69, 9.17) is 15.3 Å². The van der Waals surface area contributed by atoms with E-state index in [-0.39, 0.29) is 18.5 Å². The molecule has 0 amide bonds. The first-order valence-corrected chi connectivity index (χ1v) is 9.11. The van der Waals surface area contributed by atoms with Crippen molar-refractivity contribution in [1.29, 1.82) is 0 Å². The van der Waals surface area contributed by atoms with Crippen LogP contribution < -0.4 is 10.6 Å². The number of aliphatic imine (C=N–C) groups is 1. The molecule has 0 atom stereocenters. The Balaban J connectivity index is 0.00000261. The van der Waals surface area contributed by atoms with Crippen LogP contribution in [0.4, 0.5) is 0 Å². The standard InChI is InChI=1S/C21H27N3O2.ClH/c1-16(2)25-13-14-26-20-9-5-18(6-10-20)15-17-3-7-19(8-4-17)21-23-11-12-24(21)22;/h3-10,16H,11-15,22H2,1-2H3;1H. The van der Waals surface area contributed by atoms with Crippen molar-refractivity contribution in [2.24, 2.45) is 10.8 Å². The Bertz CT molecular complexity index is 730. The number of nitrogens with zero attached hydrogens (tertiary/aromatic N) is 2. The molecule has 0 aromatic heterocycles. The summed E-state index contributed by atoms with van der Waals surface area (Å²) in [5.74, 6) is 7.68. The highest BCUT2D eigenvalue weighted by atomic mass is 35.5. The maximum atomic E-state index is 5.93. The molecule has 27 heavy (non-hydrogen) atoms. The predicted molar refractivity (Wildman–Crippen MR) is 112 cm³/mol. The van der Waals surface area contributed by atoms with Crippen molar-refractivity contribution in [3.05, 3.63) is 65.2 Å². The van der Waals surface area contributed by atoms with Gasteiger partial charge in [0.2, 0.25) is 0 Å². The third-order valence-corrected chi connectivity index (χ3v) is 4.22. The van der Waals surface area contributed by atoms with E-state index in [1.165, 1.54) is 11.1 Å². The zero-order valence-electron chi connectivity index (χ0n) is 15.9. The van der Waals surface area contributed by atoms with Crippen LogP contribution in [0, 0.1) is 0 Å². The Labute approximate surface area is 167 Å². The number of halogens is 1. The highest BCUT2D eigenvalue weighted by Gasteiger charge is 2.14. The minimum absolute atomic E-state index is 0. The van der Waals surface area contributed by atoms with Gasteiger partial charge in [-0.3, -0.25) is 10.0 Å². The van der Waals surface area contributed by atoms with Gasteiger partial charge in [0.1, 0.15) is 18.2 Å². The van der Waals surface area contributed by atoms with E-state index in [9.17, 15) is 0 Å². The van der Waals surface area contributed by atoms with Gasteiger partial charge in [0.25, 0.3) is 0 Å². The normalized spacial score (nSPS) is 13.5. The van der Waals surface area contributed by atoms with Crippen molar-refractivity contribution in [3.8, 4) is 5.75 Å². The second kappa shape index (κ2) is 10.3. The van der Waals surface area contributed by atoms with Gasteiger partial charge in [-0.2, -0.15) is 0 Å². The van der Waals surface area contributed by atoms with Gasteiger partial charge in [-0.05, 0) is 43.5 Å². The Morgan fingerprint density at radius 1 is 1.00 bits per heavy atom. The Hall–Kier alpha value is -2.08. The molecule has 0 saturated heterocycles. The van der Waals surface area contributed by atoms with Gasteiger partial charge in [0, 0.05) is 5.56 Å². The SMILES string of the molecule is CC(C)OCCOc1ccc(Cc2ccc(C3=NCCN3N)cc2)cc1.Cl. The molecule has 0 radical (unpaired) electrons. The summed E-state index contributed by atoms with van der Waals surface area (Å²) >= 11 is 0. The second-order valence-electron chi connectivity index (χ2n) is 6.68. The van der Waals surface area contributed by atoms with Crippen molar-refractivity contribution >= 4 is 18.2 Å². The molecule has 1 aliphatic heterocycles. The highest BCUT2D eigenvalue weighted by molar-refractivity contribution is 5.99. The third-order valence-electron chi connectivity index (χ3n) is 4.22. The Morgan fingerprint density at radius 3 is 2.19 bits per heavy atom. The molecule has 5 nitrogen and oxygen atoms in total. The van der Waals surface area contributed by atoms with Crippen LogP contribution in [0.2, 0.25) is 0 Å². The van der Waals surface area contributed by atoms with Gasteiger partial charge in [-0.1, -0.05) is 36.4 Å². The van der Waals surface area contributed by atoms with Gasteiger partial charge in [-0.25, -0.2) is 5.84 Å². The molecule has 3 rings (SSSR count). The number of amidine groups is 1. The molecular weight excluding hydrogens is 362 g/mol. The first-order chi connectivity index (χ1) is 12.6. The minimum Gasteiger partial charge on any atom is -0.491 e. The van der Waals surface area contributed by atoms with Gasteiger partial charge in [0.15, 0.2) is 0 Å². The summed E-state index contributed by atoms with van der Waals surface area (Å²) < 4.78 is 11.2. The van der Waals surface area contributed by atoms with Crippen LogP contribution in [0.15, 0.2) is 53.5 Å². The van der Waals surface area contributed by atoms with Crippen molar-refractivity contribution in [3.63, 3.8) is 0 Å². The Morgan fingerprint density at radius 2 is 1.63 bits per heavy atom. The number of hydrogen-bond acceptors (Lipinski definition) is 5. The van der Waals surface area contributed by atoms with Gasteiger partial charge >= 0.3 is 0 Å². The number of nitrogens with two attached hydrogens (primary N) is 1. The molecule has 146 valence electrons. The largest absolute Gasteiger partial charge is 0.491 e. The molecule has 1 heterocycles. The summed E-state index contributed by atoms with van der Waals surface area (Å²) in [5.41, 5.74) is 3.58. The van der Waals surface area contributed by atoms with E-state index in [1.807, 2.05) is 26.0 Å². The van der Waals surface area contributed by atoms with E-state index in [0.717, 1.165) is 36.7 Å². The van der Waals surface area contributed by atoms with E-state index in [2.05, 4.69) is 41.4 Å². The molecule has 0 aliphatic carbocycles. The van der Waals surface area contributed by atoms with Crippen molar-refractivity contribution in [2.45, 2.75) is 26.4 Å². The van der Waals surface area contributed by atoms with Crippen molar-refractivity contribution in [2.75, 3.05) is 26.3 Å². The summed E-state index contributed by atoms with van der Waals surface area (Å²) in [6, 6.07) is 16.7. The lowest BCUT2D eigenvalue weighted by molar-refractivity contribution is 0.0552. The molecule has 0 fully saturated rings. The van der Waals surface area contributed by atoms with Crippen LogP contribution in [0.25, 0.3) is 0 Å². The summed E-state index contributed by atoms with van der Waals surface area (Å²) in [5, 5.41) is 1.71. The molecule has 0 unspecified atom stereocenters. The first kappa shape index (κ1) is 21.2. The lowest BCUT2D eigenvalue weighted by atomic mass is 10.0. The van der Waals surface area contributed by atoms with Crippen LogP contribution in [-0.4, -0.2) is 43.3 Å². The number of ether oxygens (including phenoxy) is 2. The zero-order valence-corrected chi connectivity index (χ0v) is 16.7. The number of hydrogen-bond donors (Lipinski definition) is 1. The average Bonchev–Trinajstić information content (AvgIpc) is 3.07. The van der Waals surface area contributed by atoms with E-state index < -0.39 is 0 Å². The lowest BCUT2D eigenvalue weighted by Gasteiger charge is -2.13. The number of hydrazine groups is 1. The highest BCUT2D eigenvalue weighted by Crippen LogP contribution is 2.17. The molecule has 6 heteroatoms. The number of benzene rings is 2. The molecule has 0 saturated carbocycles. The molecule has 1 aliphatic rings. The number of rotatable bonds is 8. The summed E-state index contributed by atoms with van der Waals surface area (Å²) in [6.07, 6.45) is 1.12. The summed E-state index contributed by atoms with van der Waals surface area (Å²) in [7, 11) is 0. The minimum atomic E-state index is 0. The molecule has 0 spiro atoms. The van der Waals surface area contributed by atoms with Crippen LogP contribution in [0.1, 0.15) is 30.5 Å². The van der Waals surface area contributed by atoms with E-state index in [1.54, 1.807) is 5.01 Å². The fraction of sp³-hybridized carbons (Fsp3) is 0.381. The molecule has 2 aromatic carbocycles. The van der Waals surface area contributed by atoms with Crippen LogP contribution >= 0.6 is 12.4 Å². The monoisotopic (exact) mass is 389 g/mol. The smallest absolute Gasteiger partial charge is 0.145 e. The van der Waals surface area contributed by atoms with Crippen LogP contribution in [0.3, 0.4) is 0 Å². The van der Waals surface area contributed by atoms with Gasteiger partial charge < -0.3 is 9.47 Å². The summed E-state index contributed by atoms with van der Waals surface area (Å²) in [4.78, 5) is 4.45. The fourth-order valence-electron chi connectivity index (χ4n) is 2.87. The van der Waals surface area contributed by atoms with E-state index >= 15 is 0 Å². The maximum absolute atomic E-state index is 5.93. The van der Waals surface area contributed by atoms with Crippen LogP contribution in [0.5, 0.6) is 5.75 Å². The van der Waals surface area contributed by atoms with Gasteiger partial charge in [-0.15, -0.1) is 12.4 Å². The fourth-order valence-corrected chi connectivity index (χ4v) is 2.87. The van der Waals surface area contributed by atoms with Crippen LogP contribution in [-0.2, 0) is 11.2 Å². The van der Waals surface area contributed by atoms with Crippen molar-refractivity contribution < 1.29 is 9.47 Å². The zero-order chi connectivity index (χ0) is 18.4. The molecule has 2 N–H and O–H groups in total. The third kappa shape index (κ3) is 6.24. The summed E-state index contributed by atoms with van der Waals surface area (Å²) in [6.45, 7) is 6.78. The van der Waals surface area contributed by atoms with Crippen molar-refractivity contribution in [1.82, 2.24) is 5.01 Å². The predicted octanol–water partition coefficient (Wildman–Crippen LogP) is 3.44.